The van der Waals surface area contributed by atoms with E-state index in [1.54, 1.807) is 18.6 Å². The summed E-state index contributed by atoms with van der Waals surface area (Å²) in [4.78, 5) is 12.2. The van der Waals surface area contributed by atoms with Crippen LogP contribution >= 0.6 is 0 Å². The molecule has 0 amide bonds. The van der Waals surface area contributed by atoms with Crippen molar-refractivity contribution in [1.29, 1.82) is 0 Å². The van der Waals surface area contributed by atoms with Gasteiger partial charge in [-0.3, -0.25) is 9.97 Å². The molecule has 0 radical (unpaired) electrons. The minimum atomic E-state index is -0.276. The summed E-state index contributed by atoms with van der Waals surface area (Å²) in [6.07, 6.45) is 5.95. The summed E-state index contributed by atoms with van der Waals surface area (Å²) >= 11 is 0. The molecule has 0 unspecified atom stereocenters. The van der Waals surface area contributed by atoms with E-state index in [-0.39, 0.29) is 5.82 Å². The van der Waals surface area contributed by atoms with Crippen molar-refractivity contribution in [2.24, 2.45) is 0 Å². The highest BCUT2D eigenvalue weighted by Crippen LogP contribution is 2.41. The van der Waals surface area contributed by atoms with E-state index in [2.05, 4.69) is 27.2 Å². The Bertz CT molecular complexity index is 1140. The van der Waals surface area contributed by atoms with Crippen LogP contribution in [-0.4, -0.2) is 35.2 Å². The lowest BCUT2D eigenvalue weighted by molar-refractivity contribution is 0.318. The van der Waals surface area contributed by atoms with Crippen molar-refractivity contribution in [3.8, 4) is 28.1 Å². The molecule has 148 valence electrons. The molecule has 0 saturated heterocycles. The molecule has 3 heterocycles. The first-order valence-corrected chi connectivity index (χ1v) is 9.70. The van der Waals surface area contributed by atoms with Crippen molar-refractivity contribution in [3.63, 3.8) is 0 Å². The number of ether oxygens (including phenoxy) is 1. The lowest BCUT2D eigenvalue weighted by Gasteiger charge is -2.12. The molecule has 3 aromatic heterocycles. The van der Waals surface area contributed by atoms with E-state index in [0.29, 0.717) is 24.5 Å². The quantitative estimate of drug-likeness (QED) is 0.453. The predicted molar refractivity (Wildman–Crippen MR) is 114 cm³/mol. The average molecular weight is 390 g/mol. The second kappa shape index (κ2) is 8.41. The van der Waals surface area contributed by atoms with E-state index < -0.39 is 0 Å². The van der Waals surface area contributed by atoms with Gasteiger partial charge in [0.2, 0.25) is 0 Å². The zero-order chi connectivity index (χ0) is 20.2. The second-order valence-corrected chi connectivity index (χ2v) is 6.77. The number of nitrogens with one attached hydrogen (secondary N) is 2. The smallest absolute Gasteiger partial charge is 0.146 e. The third-order valence-electron chi connectivity index (χ3n) is 4.93. The van der Waals surface area contributed by atoms with Crippen LogP contribution in [-0.2, 0) is 6.42 Å². The van der Waals surface area contributed by atoms with Gasteiger partial charge < -0.3 is 15.0 Å². The number of pyridine rings is 2. The summed E-state index contributed by atoms with van der Waals surface area (Å²) < 4.78 is 20.9. The van der Waals surface area contributed by atoms with E-state index in [1.165, 1.54) is 6.07 Å². The standard InChI is InChI=1S/C23H23FN4O/c1-3-15-6-7-18(24)17(13-15)21-22(28-19-5-4-9-27-23(19)21)16-8-10-26-14-20(16)29-12-11-25-2/h4-10,13-14,25,28H,3,11-12H2,1-2H3. The number of benzene rings is 1. The number of rotatable bonds is 7. The van der Waals surface area contributed by atoms with Crippen LogP contribution in [0, 0.1) is 5.82 Å². The molecule has 0 aliphatic rings. The monoisotopic (exact) mass is 390 g/mol. The summed E-state index contributed by atoms with van der Waals surface area (Å²) in [5.74, 6) is 0.365. The number of aromatic amines is 1. The fourth-order valence-corrected chi connectivity index (χ4v) is 3.43. The fraction of sp³-hybridized carbons (Fsp3) is 0.217. The van der Waals surface area contributed by atoms with Gasteiger partial charge in [0.25, 0.3) is 0 Å². The summed E-state index contributed by atoms with van der Waals surface area (Å²) in [7, 11) is 1.87. The molecule has 0 aliphatic carbocycles. The van der Waals surface area contributed by atoms with Crippen LogP contribution in [0.5, 0.6) is 5.75 Å². The Morgan fingerprint density at radius 2 is 2.03 bits per heavy atom. The van der Waals surface area contributed by atoms with Crippen LogP contribution in [0.25, 0.3) is 33.4 Å². The van der Waals surface area contributed by atoms with Crippen LogP contribution in [0.1, 0.15) is 12.5 Å². The molecule has 0 bridgehead atoms. The number of hydrogen-bond donors (Lipinski definition) is 2. The van der Waals surface area contributed by atoms with Gasteiger partial charge in [0.05, 0.1) is 22.9 Å². The number of aromatic nitrogens is 3. The Morgan fingerprint density at radius 1 is 1.14 bits per heavy atom. The van der Waals surface area contributed by atoms with Crippen LogP contribution in [0.2, 0.25) is 0 Å². The molecule has 0 fully saturated rings. The largest absolute Gasteiger partial charge is 0.490 e. The van der Waals surface area contributed by atoms with E-state index in [1.807, 2.05) is 37.4 Å². The number of hydrogen-bond acceptors (Lipinski definition) is 4. The zero-order valence-corrected chi connectivity index (χ0v) is 16.5. The molecular weight excluding hydrogens is 367 g/mol. The minimum Gasteiger partial charge on any atom is -0.490 e. The SMILES string of the molecule is CCc1ccc(F)c(-c2c(-c3ccncc3OCCNC)[nH]c3cccnc23)c1. The van der Waals surface area contributed by atoms with Gasteiger partial charge in [-0.15, -0.1) is 0 Å². The first-order chi connectivity index (χ1) is 14.2. The summed E-state index contributed by atoms with van der Waals surface area (Å²) in [6.45, 7) is 3.27. The molecule has 29 heavy (non-hydrogen) atoms. The molecular formula is C23H23FN4O. The van der Waals surface area contributed by atoms with Gasteiger partial charge in [0, 0.05) is 35.6 Å². The molecule has 4 aromatic rings. The Labute approximate surface area is 169 Å². The van der Waals surface area contributed by atoms with Gasteiger partial charge in [-0.05, 0) is 49.4 Å². The number of halogens is 1. The molecule has 1 aromatic carbocycles. The third kappa shape index (κ3) is 3.71. The molecule has 4 rings (SSSR count). The maximum Gasteiger partial charge on any atom is 0.146 e. The average Bonchev–Trinajstić information content (AvgIpc) is 3.14. The lowest BCUT2D eigenvalue weighted by atomic mass is 9.97. The Kier molecular flexibility index (Phi) is 5.53. The van der Waals surface area contributed by atoms with Crippen molar-refractivity contribution in [2.75, 3.05) is 20.2 Å². The van der Waals surface area contributed by atoms with Crippen molar-refractivity contribution in [2.45, 2.75) is 13.3 Å². The Hall–Kier alpha value is -3.25. The van der Waals surface area contributed by atoms with Crippen LogP contribution < -0.4 is 10.1 Å². The van der Waals surface area contributed by atoms with Gasteiger partial charge in [-0.25, -0.2) is 4.39 Å². The number of H-pyrrole nitrogens is 1. The molecule has 0 atom stereocenters. The molecule has 0 saturated carbocycles. The normalized spacial score (nSPS) is 11.1. The number of likely N-dealkylation sites (N-methyl/N-ethyl adjacent to an activating group) is 1. The number of nitrogens with zero attached hydrogens (tertiary/aromatic N) is 2. The van der Waals surface area contributed by atoms with Crippen molar-refractivity contribution in [3.05, 3.63) is 66.4 Å². The molecule has 2 N–H and O–H groups in total. The maximum atomic E-state index is 14.9. The van der Waals surface area contributed by atoms with Gasteiger partial charge >= 0.3 is 0 Å². The van der Waals surface area contributed by atoms with E-state index in [0.717, 1.165) is 39.8 Å². The molecule has 6 heteroatoms. The van der Waals surface area contributed by atoms with E-state index in [9.17, 15) is 4.39 Å². The highest BCUT2D eigenvalue weighted by Gasteiger charge is 2.21. The third-order valence-corrected chi connectivity index (χ3v) is 4.93. The van der Waals surface area contributed by atoms with Gasteiger partial charge in [-0.2, -0.15) is 0 Å². The van der Waals surface area contributed by atoms with Crippen LogP contribution in [0.15, 0.2) is 55.0 Å². The number of aryl methyl sites for hydroxylation is 1. The summed E-state index contributed by atoms with van der Waals surface area (Å²) in [5, 5.41) is 3.06. The zero-order valence-electron chi connectivity index (χ0n) is 16.5. The van der Waals surface area contributed by atoms with Gasteiger partial charge in [0.1, 0.15) is 18.2 Å². The first-order valence-electron chi connectivity index (χ1n) is 9.70. The maximum absolute atomic E-state index is 14.9. The summed E-state index contributed by atoms with van der Waals surface area (Å²) in [6, 6.07) is 10.9. The van der Waals surface area contributed by atoms with E-state index in [4.69, 9.17) is 4.74 Å². The first kappa shape index (κ1) is 19.1. The Morgan fingerprint density at radius 3 is 2.86 bits per heavy atom. The van der Waals surface area contributed by atoms with Crippen LogP contribution in [0.4, 0.5) is 4.39 Å². The highest BCUT2D eigenvalue weighted by atomic mass is 19.1. The highest BCUT2D eigenvalue weighted by molar-refractivity contribution is 6.02. The van der Waals surface area contributed by atoms with E-state index >= 15 is 0 Å². The lowest BCUT2D eigenvalue weighted by Crippen LogP contribution is -2.16. The number of fused-ring (bicyclic) bond motifs is 1. The van der Waals surface area contributed by atoms with Crippen molar-refractivity contribution < 1.29 is 9.13 Å². The fourth-order valence-electron chi connectivity index (χ4n) is 3.43. The minimum absolute atomic E-state index is 0.276. The predicted octanol–water partition coefficient (Wildman–Crippen LogP) is 4.59. The molecule has 5 nitrogen and oxygen atoms in total. The summed E-state index contributed by atoms with van der Waals surface area (Å²) in [5.41, 5.74) is 5.50. The topological polar surface area (TPSA) is 62.8 Å². The molecule has 0 aliphatic heterocycles. The Balaban J connectivity index is 1.95. The molecule has 0 spiro atoms. The van der Waals surface area contributed by atoms with Gasteiger partial charge in [0.15, 0.2) is 0 Å². The van der Waals surface area contributed by atoms with Crippen LogP contribution in [0.3, 0.4) is 0 Å². The van der Waals surface area contributed by atoms with Crippen molar-refractivity contribution in [1.82, 2.24) is 20.3 Å². The van der Waals surface area contributed by atoms with Gasteiger partial charge in [-0.1, -0.05) is 13.0 Å². The second-order valence-electron chi connectivity index (χ2n) is 6.77. The van der Waals surface area contributed by atoms with Crippen molar-refractivity contribution >= 4 is 11.0 Å².